The summed E-state index contributed by atoms with van der Waals surface area (Å²) in [7, 11) is 6.46. The Kier molecular flexibility index (Phi) is 6.77. The Morgan fingerprint density at radius 1 is 0.909 bits per heavy atom. The molecule has 1 saturated carbocycles. The van der Waals surface area contributed by atoms with E-state index in [1.807, 2.05) is 23.1 Å². The minimum absolute atomic E-state index is 0.0731. The van der Waals surface area contributed by atoms with Crippen LogP contribution >= 0.6 is 0 Å². The second-order valence-corrected chi connectivity index (χ2v) is 8.71. The number of anilines is 1. The lowest BCUT2D eigenvalue weighted by atomic mass is 9.84. The molecule has 0 aromatic heterocycles. The SMILES string of the molecule is COc1ccc(N(C)C(=O)C2CC3CCCCC3N2C(=O)c2ccccc2OC)cc1OC. The van der Waals surface area contributed by atoms with Crippen molar-refractivity contribution in [3.05, 3.63) is 48.0 Å². The Morgan fingerprint density at radius 2 is 1.61 bits per heavy atom. The first kappa shape index (κ1) is 23.0. The van der Waals surface area contributed by atoms with Crippen molar-refractivity contribution >= 4 is 17.5 Å². The number of fused-ring (bicyclic) bond motifs is 1. The fraction of sp³-hybridized carbons (Fsp3) is 0.462. The van der Waals surface area contributed by atoms with Crippen molar-refractivity contribution in [1.29, 1.82) is 0 Å². The van der Waals surface area contributed by atoms with Crippen LogP contribution < -0.4 is 19.1 Å². The van der Waals surface area contributed by atoms with E-state index in [1.165, 1.54) is 0 Å². The highest BCUT2D eigenvalue weighted by molar-refractivity contribution is 6.04. The van der Waals surface area contributed by atoms with Gasteiger partial charge in [-0.05, 0) is 49.4 Å². The maximum Gasteiger partial charge on any atom is 0.258 e. The molecule has 2 amide bonds. The van der Waals surface area contributed by atoms with Crippen molar-refractivity contribution in [2.45, 2.75) is 44.2 Å². The van der Waals surface area contributed by atoms with Gasteiger partial charge in [0.05, 0.1) is 26.9 Å². The molecule has 1 aliphatic carbocycles. The number of nitrogens with zero attached hydrogens (tertiary/aromatic N) is 2. The number of likely N-dealkylation sites (tertiary alicyclic amines) is 1. The van der Waals surface area contributed by atoms with Gasteiger partial charge in [0.25, 0.3) is 5.91 Å². The van der Waals surface area contributed by atoms with Crippen molar-refractivity contribution in [1.82, 2.24) is 4.90 Å². The summed E-state index contributed by atoms with van der Waals surface area (Å²) in [5, 5.41) is 0. The van der Waals surface area contributed by atoms with Crippen molar-refractivity contribution < 1.29 is 23.8 Å². The number of amides is 2. The Labute approximate surface area is 195 Å². The number of likely N-dealkylation sites (N-methyl/N-ethyl adjacent to an activating group) is 1. The number of benzene rings is 2. The highest BCUT2D eigenvalue weighted by Crippen LogP contribution is 2.42. The fourth-order valence-corrected chi connectivity index (χ4v) is 5.32. The highest BCUT2D eigenvalue weighted by atomic mass is 16.5. The minimum atomic E-state index is -0.520. The average molecular weight is 453 g/mol. The van der Waals surface area contributed by atoms with Gasteiger partial charge in [-0.15, -0.1) is 0 Å². The fourth-order valence-electron chi connectivity index (χ4n) is 5.32. The van der Waals surface area contributed by atoms with E-state index in [0.717, 1.165) is 25.7 Å². The standard InChI is InChI=1S/C26H32N2O5/c1-27(18-13-14-23(32-3)24(16-18)33-4)26(30)21-15-17-9-5-7-11-20(17)28(21)25(29)19-10-6-8-12-22(19)31-2/h6,8,10,12-14,16-17,20-21H,5,7,9,11,15H2,1-4H3. The predicted octanol–water partition coefficient (Wildman–Crippen LogP) is 4.15. The average Bonchev–Trinajstić information content (AvgIpc) is 3.26. The summed E-state index contributed by atoms with van der Waals surface area (Å²) in [5.41, 5.74) is 1.19. The molecule has 176 valence electrons. The third kappa shape index (κ3) is 4.24. The van der Waals surface area contributed by atoms with Gasteiger partial charge < -0.3 is 24.0 Å². The van der Waals surface area contributed by atoms with Crippen LogP contribution in [0.1, 0.15) is 42.5 Å². The van der Waals surface area contributed by atoms with Gasteiger partial charge in [0.2, 0.25) is 5.91 Å². The van der Waals surface area contributed by atoms with Crippen LogP contribution in [0.5, 0.6) is 17.2 Å². The van der Waals surface area contributed by atoms with Gasteiger partial charge in [0, 0.05) is 24.8 Å². The molecular formula is C26H32N2O5. The summed E-state index contributed by atoms with van der Waals surface area (Å²) in [5.74, 6) is 1.78. The maximum atomic E-state index is 13.8. The molecule has 3 atom stereocenters. The summed E-state index contributed by atoms with van der Waals surface area (Å²) in [6.07, 6.45) is 4.87. The van der Waals surface area contributed by atoms with Crippen molar-refractivity contribution in [2.24, 2.45) is 5.92 Å². The molecule has 2 fully saturated rings. The first-order valence-electron chi connectivity index (χ1n) is 11.5. The number of methoxy groups -OCH3 is 3. The Morgan fingerprint density at radius 3 is 2.33 bits per heavy atom. The van der Waals surface area contributed by atoms with E-state index in [-0.39, 0.29) is 17.9 Å². The van der Waals surface area contributed by atoms with Crippen LogP contribution in [0.25, 0.3) is 0 Å². The van der Waals surface area contributed by atoms with Crippen LogP contribution in [0.3, 0.4) is 0 Å². The lowest BCUT2D eigenvalue weighted by Crippen LogP contribution is -2.50. The highest BCUT2D eigenvalue weighted by Gasteiger charge is 2.48. The van der Waals surface area contributed by atoms with E-state index in [0.29, 0.717) is 40.8 Å². The molecule has 4 rings (SSSR count). The molecule has 1 saturated heterocycles. The maximum absolute atomic E-state index is 13.8. The van der Waals surface area contributed by atoms with Gasteiger partial charge in [-0.3, -0.25) is 9.59 Å². The van der Waals surface area contributed by atoms with Crippen molar-refractivity contribution in [3.8, 4) is 17.2 Å². The minimum Gasteiger partial charge on any atom is -0.496 e. The lowest BCUT2D eigenvalue weighted by molar-refractivity contribution is -0.122. The second kappa shape index (κ2) is 9.73. The number of hydrogen-bond donors (Lipinski definition) is 0. The van der Waals surface area contributed by atoms with E-state index < -0.39 is 6.04 Å². The number of rotatable bonds is 6. The van der Waals surface area contributed by atoms with Gasteiger partial charge in [0.15, 0.2) is 11.5 Å². The number of carbonyl (C=O) groups excluding carboxylic acids is 2. The van der Waals surface area contributed by atoms with Crippen molar-refractivity contribution in [2.75, 3.05) is 33.3 Å². The van der Waals surface area contributed by atoms with Crippen LogP contribution in [0.4, 0.5) is 5.69 Å². The summed E-state index contributed by atoms with van der Waals surface area (Å²) in [4.78, 5) is 31.0. The molecule has 7 nitrogen and oxygen atoms in total. The predicted molar refractivity (Wildman–Crippen MR) is 126 cm³/mol. The molecule has 3 unspecified atom stereocenters. The zero-order valence-corrected chi connectivity index (χ0v) is 19.7. The molecule has 0 radical (unpaired) electrons. The molecule has 0 spiro atoms. The zero-order valence-electron chi connectivity index (χ0n) is 19.7. The first-order valence-corrected chi connectivity index (χ1v) is 11.5. The molecule has 7 heteroatoms. The number of hydrogen-bond acceptors (Lipinski definition) is 5. The molecule has 2 aromatic carbocycles. The Hall–Kier alpha value is -3.22. The monoisotopic (exact) mass is 452 g/mol. The normalized spacial score (nSPS) is 21.8. The molecule has 0 bridgehead atoms. The van der Waals surface area contributed by atoms with Gasteiger partial charge in [0.1, 0.15) is 11.8 Å². The largest absolute Gasteiger partial charge is 0.496 e. The number of para-hydroxylation sites is 1. The zero-order chi connectivity index (χ0) is 23.5. The first-order chi connectivity index (χ1) is 16.0. The molecule has 2 aliphatic rings. The number of ether oxygens (including phenoxy) is 3. The van der Waals surface area contributed by atoms with E-state index in [1.54, 1.807) is 57.5 Å². The molecular weight excluding hydrogens is 420 g/mol. The Balaban J connectivity index is 1.67. The van der Waals surface area contributed by atoms with Crippen LogP contribution in [0.2, 0.25) is 0 Å². The topological polar surface area (TPSA) is 68.3 Å². The van der Waals surface area contributed by atoms with E-state index >= 15 is 0 Å². The van der Waals surface area contributed by atoms with Gasteiger partial charge in [-0.1, -0.05) is 25.0 Å². The molecule has 1 heterocycles. The van der Waals surface area contributed by atoms with E-state index in [4.69, 9.17) is 14.2 Å². The molecule has 2 aromatic rings. The summed E-state index contributed by atoms with van der Waals surface area (Å²) in [6.45, 7) is 0. The third-order valence-corrected chi connectivity index (χ3v) is 7.03. The van der Waals surface area contributed by atoms with Crippen molar-refractivity contribution in [3.63, 3.8) is 0 Å². The summed E-state index contributed by atoms with van der Waals surface area (Å²) >= 11 is 0. The lowest BCUT2D eigenvalue weighted by Gasteiger charge is -2.35. The quantitative estimate of drug-likeness (QED) is 0.659. The van der Waals surface area contributed by atoms with Gasteiger partial charge >= 0.3 is 0 Å². The summed E-state index contributed by atoms with van der Waals surface area (Å²) < 4.78 is 16.2. The smallest absolute Gasteiger partial charge is 0.258 e. The van der Waals surface area contributed by atoms with E-state index in [2.05, 4.69) is 0 Å². The number of carbonyl (C=O) groups is 2. The summed E-state index contributed by atoms with van der Waals surface area (Å²) in [6, 6.07) is 12.2. The molecule has 0 N–H and O–H groups in total. The van der Waals surface area contributed by atoms with Crippen LogP contribution in [0, 0.1) is 5.92 Å². The van der Waals surface area contributed by atoms with E-state index in [9.17, 15) is 9.59 Å². The second-order valence-electron chi connectivity index (χ2n) is 8.71. The molecule has 1 aliphatic heterocycles. The van der Waals surface area contributed by atoms with Crippen LogP contribution in [0.15, 0.2) is 42.5 Å². The third-order valence-electron chi connectivity index (χ3n) is 7.03. The Bertz CT molecular complexity index is 1020. The molecule has 33 heavy (non-hydrogen) atoms. The van der Waals surface area contributed by atoms with Crippen LogP contribution in [-0.2, 0) is 4.79 Å². The van der Waals surface area contributed by atoms with Gasteiger partial charge in [-0.2, -0.15) is 0 Å². The van der Waals surface area contributed by atoms with Crippen LogP contribution in [-0.4, -0.2) is 57.2 Å². The van der Waals surface area contributed by atoms with Gasteiger partial charge in [-0.25, -0.2) is 0 Å².